The van der Waals surface area contributed by atoms with Crippen LogP contribution in [0.5, 0.6) is 0 Å². The smallest absolute Gasteiger partial charge is 0.366 e. The van der Waals surface area contributed by atoms with Gasteiger partial charge in [0.15, 0.2) is 5.84 Å². The van der Waals surface area contributed by atoms with Crippen molar-refractivity contribution in [2.75, 3.05) is 13.7 Å². The number of amidine groups is 1. The maximum absolute atomic E-state index is 12.6. The summed E-state index contributed by atoms with van der Waals surface area (Å²) in [6, 6.07) is 4.16. The van der Waals surface area contributed by atoms with Crippen molar-refractivity contribution in [2.24, 2.45) is 15.9 Å². The zero-order valence-corrected chi connectivity index (χ0v) is 19.8. The molecule has 0 saturated heterocycles. The number of nitrogens with zero attached hydrogens (tertiary/aromatic N) is 2. The molecule has 1 aliphatic rings. The van der Waals surface area contributed by atoms with E-state index in [0.29, 0.717) is 18.5 Å². The van der Waals surface area contributed by atoms with Gasteiger partial charge in [-0.2, -0.15) is 4.39 Å². The van der Waals surface area contributed by atoms with Gasteiger partial charge < -0.3 is 30.4 Å². The van der Waals surface area contributed by atoms with Crippen LogP contribution in [-0.2, 0) is 30.2 Å². The molecule has 2 rings (SSSR count). The van der Waals surface area contributed by atoms with E-state index in [2.05, 4.69) is 15.5 Å². The number of carbonyl (C=O) groups is 2. The number of methoxy groups -OCH3 is 1. The van der Waals surface area contributed by atoms with Crippen LogP contribution in [0.2, 0.25) is 0 Å². The maximum Gasteiger partial charge on any atom is 0.366 e. The molecule has 1 aromatic rings. The van der Waals surface area contributed by atoms with Crippen molar-refractivity contribution in [1.82, 2.24) is 5.32 Å². The third-order valence-corrected chi connectivity index (χ3v) is 5.51. The van der Waals surface area contributed by atoms with E-state index in [9.17, 15) is 24.0 Å². The maximum atomic E-state index is 12.6. The van der Waals surface area contributed by atoms with Gasteiger partial charge in [0, 0.05) is 13.5 Å². The summed E-state index contributed by atoms with van der Waals surface area (Å²) in [6.07, 6.45) is -0.666. The number of aliphatic hydroxyl groups is 1. The number of hydrogen-bond donors (Lipinski definition) is 3. The van der Waals surface area contributed by atoms with E-state index in [1.54, 1.807) is 44.2 Å². The van der Waals surface area contributed by atoms with Gasteiger partial charge in [-0.3, -0.25) is 14.6 Å². The number of benzene rings is 1. The molecule has 0 fully saturated rings. The fourth-order valence-electron chi connectivity index (χ4n) is 3.30. The van der Waals surface area contributed by atoms with E-state index >= 15 is 0 Å². The zero-order chi connectivity index (χ0) is 26.0. The number of hydrogen-bond acceptors (Lipinski definition) is 9. The third-order valence-electron chi connectivity index (χ3n) is 5.51. The molecule has 192 valence electrons. The minimum absolute atomic E-state index is 0.173. The average molecular weight is 495 g/mol. The van der Waals surface area contributed by atoms with Crippen LogP contribution in [0.15, 0.2) is 46.3 Å². The minimum atomic E-state index is -1.85. The fraction of sp³-hybridized carbons (Fsp3) is 0.522. The van der Waals surface area contributed by atoms with E-state index in [-0.39, 0.29) is 24.6 Å². The lowest BCUT2D eigenvalue weighted by atomic mass is 10.1. The first kappa shape index (κ1) is 28.0. The van der Waals surface area contributed by atoms with Crippen LogP contribution >= 0.6 is 0 Å². The first-order chi connectivity index (χ1) is 16.6. The molecule has 1 amide bonds. The number of halogens is 1. The number of aryl methyl sites for hydroxylation is 1. The highest BCUT2D eigenvalue weighted by Gasteiger charge is 2.33. The lowest BCUT2D eigenvalue weighted by molar-refractivity contribution is -0.200. The molecule has 0 aromatic heterocycles. The number of carbonyl (C=O) groups excluding carboxylic acids is 2. The van der Waals surface area contributed by atoms with Crippen molar-refractivity contribution < 1.29 is 33.3 Å². The summed E-state index contributed by atoms with van der Waals surface area (Å²) < 4.78 is 29.5. The molecule has 12 heteroatoms. The first-order valence-electron chi connectivity index (χ1n) is 11.1. The average Bonchev–Trinajstić information content (AvgIpc) is 2.86. The first-order valence-corrected chi connectivity index (χ1v) is 11.1. The predicted octanol–water partition coefficient (Wildman–Crippen LogP) is 1.79. The molecule has 0 unspecified atom stereocenters. The molecule has 0 aliphatic carbocycles. The number of nitrogens with two attached hydrogens (primary N) is 1. The molecule has 0 saturated carbocycles. The highest BCUT2D eigenvalue weighted by molar-refractivity contribution is 6.34. The van der Waals surface area contributed by atoms with Crippen LogP contribution in [0, 0.1) is 4.91 Å². The Labute approximate surface area is 202 Å². The van der Waals surface area contributed by atoms with E-state index in [0.717, 1.165) is 5.56 Å². The number of aliphatic hydroxyl groups excluding tert-OH is 1. The molecule has 5 atom stereocenters. The van der Waals surface area contributed by atoms with Crippen molar-refractivity contribution in [2.45, 2.75) is 63.8 Å². The summed E-state index contributed by atoms with van der Waals surface area (Å²) >= 11 is 0. The summed E-state index contributed by atoms with van der Waals surface area (Å²) in [7, 11) is 1.46. The predicted molar refractivity (Wildman–Crippen MR) is 125 cm³/mol. The molecular formula is C23H31FN4O7. The van der Waals surface area contributed by atoms with Crippen molar-refractivity contribution in [3.63, 3.8) is 0 Å². The Morgan fingerprint density at radius 3 is 2.57 bits per heavy atom. The summed E-state index contributed by atoms with van der Waals surface area (Å²) in [6.45, 7) is 3.12. The van der Waals surface area contributed by atoms with Gasteiger partial charge in [-0.15, -0.1) is 4.91 Å². The highest BCUT2D eigenvalue weighted by atomic mass is 19.1. The summed E-state index contributed by atoms with van der Waals surface area (Å²) in [5, 5.41) is 16.1. The van der Waals surface area contributed by atoms with E-state index in [4.69, 9.17) is 19.9 Å². The monoisotopic (exact) mass is 494 g/mol. The number of amides is 1. The highest BCUT2D eigenvalue weighted by Crippen LogP contribution is 2.22. The van der Waals surface area contributed by atoms with Crippen LogP contribution < -0.4 is 11.1 Å². The molecule has 1 heterocycles. The summed E-state index contributed by atoms with van der Waals surface area (Å²) in [5.41, 5.74) is 6.39. The van der Waals surface area contributed by atoms with Gasteiger partial charge in [-0.1, -0.05) is 12.1 Å². The van der Waals surface area contributed by atoms with Gasteiger partial charge in [0.2, 0.25) is 12.2 Å². The summed E-state index contributed by atoms with van der Waals surface area (Å²) in [5.74, 6) is -0.766. The lowest BCUT2D eigenvalue weighted by Gasteiger charge is -2.35. The molecular weight excluding hydrogens is 463 g/mol. The third kappa shape index (κ3) is 8.81. The summed E-state index contributed by atoms with van der Waals surface area (Å²) in [4.78, 5) is 37.4. The topological polar surface area (TPSA) is 162 Å². The second-order valence-corrected chi connectivity index (χ2v) is 8.07. The Morgan fingerprint density at radius 1 is 1.29 bits per heavy atom. The van der Waals surface area contributed by atoms with Gasteiger partial charge in [0.1, 0.15) is 17.6 Å². The minimum Gasteiger partial charge on any atom is -0.465 e. The van der Waals surface area contributed by atoms with Crippen LogP contribution in [0.3, 0.4) is 0 Å². The number of aliphatic imine (C=N–C) groups is 1. The molecule has 0 spiro atoms. The Hall–Kier alpha value is -3.22. The fourth-order valence-corrected chi connectivity index (χ4v) is 3.30. The quantitative estimate of drug-likeness (QED) is 0.162. The molecule has 1 aromatic carbocycles. The van der Waals surface area contributed by atoms with Crippen molar-refractivity contribution in [3.05, 3.63) is 46.6 Å². The van der Waals surface area contributed by atoms with Gasteiger partial charge in [-0.25, -0.2) is 0 Å². The Bertz CT molecular complexity index is 938. The van der Waals surface area contributed by atoms with Crippen molar-refractivity contribution in [1.29, 1.82) is 0 Å². The standard InChI is InChI=1S/C23H31FN4O7/c1-13(33-3)20(30)14(2)34-23-18(10-9-17(35-23)12-26-22(25)21(24)31)27-19(29)11-6-15-4-7-16(28-32)8-5-15/h4-5,7-9,13-14,18,20,23,30H,6,10-12H2,1-3H3,(H2,25,26)(H,27,29)/t13-,14+,18+,20+,23-/m0/s1. The van der Waals surface area contributed by atoms with Crippen molar-refractivity contribution >= 4 is 23.5 Å². The Kier molecular flexibility index (Phi) is 10.9. The van der Waals surface area contributed by atoms with Gasteiger partial charge in [-0.05, 0) is 55.6 Å². The normalized spacial score (nSPS) is 20.7. The van der Waals surface area contributed by atoms with Gasteiger partial charge in [0.05, 0.1) is 24.8 Å². The van der Waals surface area contributed by atoms with Gasteiger partial charge >= 0.3 is 6.04 Å². The van der Waals surface area contributed by atoms with Gasteiger partial charge in [0.25, 0.3) is 0 Å². The number of nitrogens with one attached hydrogen (secondary N) is 1. The SMILES string of the molecule is CO[C@@H](C)[C@@H](O)[C@@H](C)O[C@H]1OC(CN=C(N)C(=O)F)=CC[C@H]1NC(=O)CCc1ccc(N=O)cc1. The van der Waals surface area contributed by atoms with Crippen LogP contribution in [0.25, 0.3) is 0 Å². The van der Waals surface area contributed by atoms with E-state index in [1.807, 2.05) is 0 Å². The number of ether oxygens (including phenoxy) is 3. The Morgan fingerprint density at radius 2 is 1.97 bits per heavy atom. The second kappa shape index (κ2) is 13.6. The molecule has 0 bridgehead atoms. The largest absolute Gasteiger partial charge is 0.465 e. The zero-order valence-electron chi connectivity index (χ0n) is 19.8. The molecule has 4 N–H and O–H groups in total. The Balaban J connectivity index is 2.05. The lowest BCUT2D eigenvalue weighted by Crippen LogP contribution is -2.50. The van der Waals surface area contributed by atoms with Crippen LogP contribution in [0.1, 0.15) is 32.3 Å². The molecule has 11 nitrogen and oxygen atoms in total. The second-order valence-electron chi connectivity index (χ2n) is 8.07. The molecule has 0 radical (unpaired) electrons. The van der Waals surface area contributed by atoms with E-state index < -0.39 is 42.5 Å². The van der Waals surface area contributed by atoms with E-state index in [1.165, 1.54) is 7.11 Å². The number of rotatable bonds is 13. The van der Waals surface area contributed by atoms with Crippen LogP contribution in [-0.4, -0.2) is 67.2 Å². The number of nitroso groups, excluding NO2 is 1. The molecule has 1 aliphatic heterocycles. The molecule has 35 heavy (non-hydrogen) atoms. The van der Waals surface area contributed by atoms with Crippen LogP contribution in [0.4, 0.5) is 10.1 Å². The van der Waals surface area contributed by atoms with Crippen molar-refractivity contribution in [3.8, 4) is 0 Å².